The Morgan fingerprint density at radius 2 is 2.13 bits per heavy atom. The van der Waals surface area contributed by atoms with Gasteiger partial charge in [0.25, 0.3) is 0 Å². The Morgan fingerprint density at radius 1 is 1.37 bits per heavy atom. The molecule has 160 valence electrons. The van der Waals surface area contributed by atoms with E-state index < -0.39 is 30.1 Å². The summed E-state index contributed by atoms with van der Waals surface area (Å²) in [5.74, 6) is 0.183. The number of aromatic nitrogens is 3. The number of rotatable bonds is 4. The number of carbonyl (C=O) groups is 1. The van der Waals surface area contributed by atoms with Crippen molar-refractivity contribution < 1.29 is 29.2 Å². The summed E-state index contributed by atoms with van der Waals surface area (Å²) in [6, 6.07) is 5.02. The van der Waals surface area contributed by atoms with E-state index in [1.165, 1.54) is 16.9 Å². The van der Waals surface area contributed by atoms with Gasteiger partial charge >= 0.3 is 6.16 Å². The predicted octanol–water partition coefficient (Wildman–Crippen LogP) is 0.637. The van der Waals surface area contributed by atoms with Crippen LogP contribution in [0.1, 0.15) is 37.8 Å². The van der Waals surface area contributed by atoms with E-state index in [9.17, 15) is 20.3 Å². The van der Waals surface area contributed by atoms with Crippen molar-refractivity contribution in [1.29, 1.82) is 5.26 Å². The molecule has 11 nitrogen and oxygen atoms in total. The lowest BCUT2D eigenvalue weighted by molar-refractivity contribution is -0.0758. The fraction of sp³-hybridized carbons (Fsp3) is 0.579. The highest BCUT2D eigenvalue weighted by Gasteiger charge is 2.57. The molecular weight excluding hydrogens is 394 g/mol. The molecule has 1 aliphatic carbocycles. The first-order valence-electron chi connectivity index (χ1n) is 9.83. The molecule has 2 aromatic heterocycles. The molecule has 4 rings (SSSR count). The number of nitrogens with zero attached hydrogens (tertiary/aromatic N) is 4. The minimum absolute atomic E-state index is 0.174. The Labute approximate surface area is 172 Å². The molecule has 2 aliphatic rings. The fourth-order valence-electron chi connectivity index (χ4n) is 4.05. The maximum Gasteiger partial charge on any atom is 0.508 e. The zero-order valence-corrected chi connectivity index (χ0v) is 16.2. The zero-order valence-electron chi connectivity index (χ0n) is 16.2. The summed E-state index contributed by atoms with van der Waals surface area (Å²) < 4.78 is 17.4. The largest absolute Gasteiger partial charge is 0.508 e. The molecule has 0 radical (unpaired) electrons. The number of fused-ring (bicyclic) bond motifs is 1. The zero-order chi connectivity index (χ0) is 21.3. The average Bonchev–Trinajstić information content (AvgIpc) is 3.29. The first kappa shape index (κ1) is 20.3. The van der Waals surface area contributed by atoms with E-state index in [1.54, 1.807) is 6.07 Å². The van der Waals surface area contributed by atoms with Crippen LogP contribution in [0.3, 0.4) is 0 Å². The van der Waals surface area contributed by atoms with E-state index in [0.717, 1.165) is 32.1 Å². The molecule has 30 heavy (non-hydrogen) atoms. The molecule has 0 unspecified atom stereocenters. The Hall–Kier alpha value is -2.94. The third kappa shape index (κ3) is 3.43. The summed E-state index contributed by atoms with van der Waals surface area (Å²) in [6.45, 7) is -0.381. The highest BCUT2D eigenvalue weighted by molar-refractivity contribution is 5.66. The van der Waals surface area contributed by atoms with Crippen molar-refractivity contribution in [2.45, 2.75) is 62.1 Å². The molecular formula is C19H23N5O6. The Morgan fingerprint density at radius 3 is 2.87 bits per heavy atom. The Balaban J connectivity index is 1.49. The molecule has 2 aromatic rings. The third-order valence-electron chi connectivity index (χ3n) is 5.67. The van der Waals surface area contributed by atoms with Crippen LogP contribution >= 0.6 is 0 Å². The number of ether oxygens (including phenoxy) is 3. The molecule has 0 amide bonds. The molecule has 4 N–H and O–H groups in total. The van der Waals surface area contributed by atoms with Crippen LogP contribution in [0.15, 0.2) is 18.5 Å². The molecule has 0 aromatic carbocycles. The van der Waals surface area contributed by atoms with E-state index in [0.29, 0.717) is 5.52 Å². The maximum atomic E-state index is 12.0. The molecule has 0 bridgehead atoms. The van der Waals surface area contributed by atoms with Gasteiger partial charge in [0.1, 0.15) is 48.9 Å². The van der Waals surface area contributed by atoms with Crippen LogP contribution in [-0.4, -0.2) is 62.0 Å². The van der Waals surface area contributed by atoms with Crippen molar-refractivity contribution >= 4 is 17.5 Å². The van der Waals surface area contributed by atoms with Gasteiger partial charge < -0.3 is 30.2 Å². The topological polar surface area (TPSA) is 165 Å². The van der Waals surface area contributed by atoms with Gasteiger partial charge in [-0.3, -0.25) is 0 Å². The van der Waals surface area contributed by atoms with Crippen LogP contribution in [0.5, 0.6) is 0 Å². The van der Waals surface area contributed by atoms with Gasteiger partial charge in [-0.1, -0.05) is 6.42 Å². The first-order chi connectivity index (χ1) is 14.5. The van der Waals surface area contributed by atoms with Crippen LogP contribution in [0.2, 0.25) is 0 Å². The molecule has 4 atom stereocenters. The molecule has 1 saturated carbocycles. The van der Waals surface area contributed by atoms with Crippen molar-refractivity contribution in [3.8, 4) is 6.07 Å². The van der Waals surface area contributed by atoms with E-state index in [4.69, 9.17) is 19.9 Å². The van der Waals surface area contributed by atoms with Crippen LogP contribution in [0.25, 0.3) is 5.52 Å². The van der Waals surface area contributed by atoms with E-state index in [-0.39, 0.29) is 24.2 Å². The molecule has 2 fully saturated rings. The van der Waals surface area contributed by atoms with Gasteiger partial charge in [-0.25, -0.2) is 14.3 Å². The third-order valence-corrected chi connectivity index (χ3v) is 5.67. The van der Waals surface area contributed by atoms with Gasteiger partial charge in [0.05, 0.1) is 5.69 Å². The first-order valence-corrected chi connectivity index (χ1v) is 9.83. The monoisotopic (exact) mass is 417 g/mol. The van der Waals surface area contributed by atoms with Gasteiger partial charge in [-0.15, -0.1) is 0 Å². The standard InChI is InChI=1S/C19H23N5O6/c20-9-19(14-7-6-12-17(21)22-10-23-24(12)14)16(26)15(25)13(30-19)8-28-18(27)29-11-4-2-1-3-5-11/h6-7,10-11,13,15-16,25-26H,1-5,8H2,(H2,21,22,23)/t13-,15-,16-,19+/m1/s1. The number of nitriles is 1. The lowest BCUT2D eigenvalue weighted by atomic mass is 9.92. The molecule has 11 heteroatoms. The molecule has 0 spiro atoms. The number of hydrogen-bond acceptors (Lipinski definition) is 10. The molecule has 1 aliphatic heterocycles. The van der Waals surface area contributed by atoms with Crippen molar-refractivity contribution in [2.75, 3.05) is 12.3 Å². The summed E-state index contributed by atoms with van der Waals surface area (Å²) in [6.07, 6.45) is 0.640. The van der Waals surface area contributed by atoms with Crippen LogP contribution in [0, 0.1) is 11.3 Å². The number of carbonyl (C=O) groups excluding carboxylic acids is 1. The fourth-order valence-corrected chi connectivity index (χ4v) is 4.05. The lowest BCUT2D eigenvalue weighted by Crippen LogP contribution is -2.41. The average molecular weight is 417 g/mol. The number of nitrogens with two attached hydrogens (primary N) is 1. The lowest BCUT2D eigenvalue weighted by Gasteiger charge is -2.24. The number of aliphatic hydroxyl groups is 2. The normalized spacial score (nSPS) is 29.6. The predicted molar refractivity (Wildman–Crippen MR) is 101 cm³/mol. The van der Waals surface area contributed by atoms with Gasteiger partial charge in [0, 0.05) is 0 Å². The summed E-state index contributed by atoms with van der Waals surface area (Å²) in [4.78, 5) is 15.9. The summed E-state index contributed by atoms with van der Waals surface area (Å²) in [5.41, 5.74) is 4.48. The van der Waals surface area contributed by atoms with E-state index >= 15 is 0 Å². The number of hydrogen-bond donors (Lipinski definition) is 3. The van der Waals surface area contributed by atoms with E-state index in [1.807, 2.05) is 6.07 Å². The van der Waals surface area contributed by atoms with Gasteiger partial charge in [-0.05, 0) is 37.8 Å². The number of aliphatic hydroxyl groups excluding tert-OH is 2. The van der Waals surface area contributed by atoms with Crippen molar-refractivity contribution in [3.63, 3.8) is 0 Å². The summed E-state index contributed by atoms with van der Waals surface area (Å²) in [7, 11) is 0. The smallest absolute Gasteiger partial charge is 0.431 e. The van der Waals surface area contributed by atoms with Crippen molar-refractivity contribution in [1.82, 2.24) is 14.6 Å². The van der Waals surface area contributed by atoms with E-state index in [2.05, 4.69) is 10.1 Å². The second kappa shape index (κ2) is 8.06. The quantitative estimate of drug-likeness (QED) is 0.601. The highest BCUT2D eigenvalue weighted by Crippen LogP contribution is 2.40. The minimum atomic E-state index is -1.94. The second-order valence-electron chi connectivity index (χ2n) is 7.54. The second-order valence-corrected chi connectivity index (χ2v) is 7.54. The number of anilines is 1. The summed E-state index contributed by atoms with van der Waals surface area (Å²) in [5, 5.41) is 35.0. The molecule has 3 heterocycles. The van der Waals surface area contributed by atoms with Crippen molar-refractivity contribution in [2.24, 2.45) is 0 Å². The van der Waals surface area contributed by atoms with Gasteiger partial charge in [0.15, 0.2) is 5.82 Å². The Bertz CT molecular complexity index is 968. The van der Waals surface area contributed by atoms with Crippen LogP contribution < -0.4 is 5.73 Å². The van der Waals surface area contributed by atoms with Crippen molar-refractivity contribution in [3.05, 3.63) is 24.2 Å². The van der Waals surface area contributed by atoms with Crippen LogP contribution in [-0.2, 0) is 19.8 Å². The number of nitrogen functional groups attached to an aromatic ring is 1. The van der Waals surface area contributed by atoms with Gasteiger partial charge in [-0.2, -0.15) is 10.4 Å². The molecule has 1 saturated heterocycles. The summed E-state index contributed by atoms with van der Waals surface area (Å²) >= 11 is 0. The maximum absolute atomic E-state index is 12.0. The SMILES string of the molecule is N#C[C@@]1(c2ccc3c(N)ncnn23)O[C@H](COC(=O)OC2CCCCC2)[C@@H](O)[C@H]1O. The van der Waals surface area contributed by atoms with Gasteiger partial charge in [0.2, 0.25) is 5.60 Å². The van der Waals surface area contributed by atoms with Crippen LogP contribution in [0.4, 0.5) is 10.6 Å². The Kier molecular flexibility index (Phi) is 5.46. The minimum Gasteiger partial charge on any atom is -0.431 e. The highest BCUT2D eigenvalue weighted by atomic mass is 16.7.